The van der Waals surface area contributed by atoms with Gasteiger partial charge in [-0.2, -0.15) is 0 Å². The summed E-state index contributed by atoms with van der Waals surface area (Å²) in [5, 5.41) is 18.4. The van der Waals surface area contributed by atoms with Crippen LogP contribution in [0.1, 0.15) is 18.9 Å². The molecule has 0 fully saturated rings. The molecule has 0 spiro atoms. The maximum absolute atomic E-state index is 11.3. The molecule has 0 saturated heterocycles. The van der Waals surface area contributed by atoms with E-state index in [4.69, 9.17) is 9.84 Å². The number of hydrogen-bond acceptors (Lipinski definition) is 4. The zero-order chi connectivity index (χ0) is 13.5. The summed E-state index contributed by atoms with van der Waals surface area (Å²) in [6, 6.07) is 4.28. The molecule has 1 rings (SSSR count). The van der Waals surface area contributed by atoms with E-state index in [1.807, 2.05) is 6.92 Å². The molecular formula is C14H16O4. The monoisotopic (exact) mass is 248 g/mol. The van der Waals surface area contributed by atoms with Crippen molar-refractivity contribution in [3.8, 4) is 11.5 Å². The van der Waals surface area contributed by atoms with Crippen LogP contribution in [-0.4, -0.2) is 22.8 Å². The van der Waals surface area contributed by atoms with Crippen LogP contribution in [0.25, 0.3) is 6.08 Å². The number of rotatable bonds is 5. The normalized spacial score (nSPS) is 10.5. The van der Waals surface area contributed by atoms with E-state index < -0.39 is 5.97 Å². The molecular weight excluding hydrogens is 232 g/mol. The maximum Gasteiger partial charge on any atom is 0.330 e. The summed E-state index contributed by atoms with van der Waals surface area (Å²) in [5.41, 5.74) is 1.55. The van der Waals surface area contributed by atoms with Crippen molar-refractivity contribution in [3.05, 3.63) is 42.0 Å². The Bertz CT molecular complexity index is 475. The quantitative estimate of drug-likeness (QED) is 0.364. The van der Waals surface area contributed by atoms with E-state index in [0.29, 0.717) is 18.6 Å². The molecule has 0 amide bonds. The van der Waals surface area contributed by atoms with Crippen molar-refractivity contribution in [2.45, 2.75) is 13.3 Å². The molecule has 1 aromatic rings. The Morgan fingerprint density at radius 1 is 1.39 bits per heavy atom. The fourth-order valence-corrected chi connectivity index (χ4v) is 1.18. The van der Waals surface area contributed by atoms with Gasteiger partial charge in [0.25, 0.3) is 0 Å². The molecule has 0 saturated carbocycles. The van der Waals surface area contributed by atoms with Gasteiger partial charge in [-0.3, -0.25) is 0 Å². The molecule has 0 aliphatic rings. The van der Waals surface area contributed by atoms with Crippen LogP contribution < -0.4 is 0 Å². The fourth-order valence-electron chi connectivity index (χ4n) is 1.18. The van der Waals surface area contributed by atoms with Crippen LogP contribution in [0.2, 0.25) is 0 Å². The molecule has 0 heterocycles. The molecule has 4 nitrogen and oxygen atoms in total. The van der Waals surface area contributed by atoms with Gasteiger partial charge >= 0.3 is 5.97 Å². The van der Waals surface area contributed by atoms with Gasteiger partial charge in [0, 0.05) is 12.5 Å². The van der Waals surface area contributed by atoms with Gasteiger partial charge in [0.05, 0.1) is 6.61 Å². The van der Waals surface area contributed by atoms with E-state index in [1.54, 1.807) is 6.07 Å². The predicted octanol–water partition coefficient (Wildman–Crippen LogP) is 2.62. The largest absolute Gasteiger partial charge is 0.504 e. The highest BCUT2D eigenvalue weighted by Crippen LogP contribution is 2.25. The highest BCUT2D eigenvalue weighted by atomic mass is 16.5. The number of carbonyl (C=O) groups excluding carboxylic acids is 1. The van der Waals surface area contributed by atoms with Gasteiger partial charge in [0.1, 0.15) is 0 Å². The molecule has 0 atom stereocenters. The highest BCUT2D eigenvalue weighted by Gasteiger charge is 2.00. The Morgan fingerprint density at radius 2 is 2.11 bits per heavy atom. The number of ether oxygens (including phenoxy) is 1. The van der Waals surface area contributed by atoms with Crippen LogP contribution in [0.3, 0.4) is 0 Å². The average Bonchev–Trinajstić information content (AvgIpc) is 2.30. The number of esters is 1. The SMILES string of the molecule is C=C(C)CCOC(=O)C=Cc1ccc(O)c(O)c1. The van der Waals surface area contributed by atoms with E-state index in [9.17, 15) is 9.90 Å². The van der Waals surface area contributed by atoms with Gasteiger partial charge in [0.2, 0.25) is 0 Å². The first kappa shape index (κ1) is 13.8. The van der Waals surface area contributed by atoms with Gasteiger partial charge in [-0.25, -0.2) is 4.79 Å². The first-order chi connectivity index (χ1) is 8.49. The number of benzene rings is 1. The number of carbonyl (C=O) groups is 1. The topological polar surface area (TPSA) is 66.8 Å². The number of phenols is 2. The zero-order valence-electron chi connectivity index (χ0n) is 10.2. The second-order valence-corrected chi connectivity index (χ2v) is 3.96. The Labute approximate surface area is 106 Å². The minimum atomic E-state index is -0.455. The van der Waals surface area contributed by atoms with E-state index in [0.717, 1.165) is 5.57 Å². The summed E-state index contributed by atoms with van der Waals surface area (Å²) in [6.07, 6.45) is 3.41. The summed E-state index contributed by atoms with van der Waals surface area (Å²) < 4.78 is 4.93. The van der Waals surface area contributed by atoms with E-state index in [1.165, 1.54) is 24.3 Å². The Hall–Kier alpha value is -2.23. The van der Waals surface area contributed by atoms with Crippen molar-refractivity contribution in [2.75, 3.05) is 6.61 Å². The number of aromatic hydroxyl groups is 2. The van der Waals surface area contributed by atoms with Crippen molar-refractivity contribution >= 4 is 12.0 Å². The standard InChI is InChI=1S/C14H16O4/c1-10(2)7-8-18-14(17)6-4-11-3-5-12(15)13(16)9-11/h3-6,9,15-16H,1,7-8H2,2H3. The third kappa shape index (κ3) is 4.74. The van der Waals surface area contributed by atoms with Crippen LogP contribution in [0.15, 0.2) is 36.4 Å². The molecule has 0 aliphatic carbocycles. The summed E-state index contributed by atoms with van der Waals surface area (Å²) in [7, 11) is 0. The van der Waals surface area contributed by atoms with Gasteiger partial charge in [-0.05, 0) is 30.7 Å². The summed E-state index contributed by atoms with van der Waals surface area (Å²) in [4.78, 5) is 11.3. The Kier molecular flexibility index (Phi) is 4.99. The lowest BCUT2D eigenvalue weighted by Gasteiger charge is -2.01. The predicted molar refractivity (Wildman–Crippen MR) is 69.2 cm³/mol. The minimum absolute atomic E-state index is 0.198. The molecule has 96 valence electrons. The maximum atomic E-state index is 11.3. The third-order valence-electron chi connectivity index (χ3n) is 2.18. The molecule has 18 heavy (non-hydrogen) atoms. The summed E-state index contributed by atoms with van der Waals surface area (Å²) in [6.45, 7) is 5.87. The van der Waals surface area contributed by atoms with Crippen LogP contribution in [0, 0.1) is 0 Å². The molecule has 0 unspecified atom stereocenters. The second-order valence-electron chi connectivity index (χ2n) is 3.96. The lowest BCUT2D eigenvalue weighted by molar-refractivity contribution is -0.137. The number of phenolic OH excluding ortho intramolecular Hbond substituents is 2. The molecule has 0 aliphatic heterocycles. The minimum Gasteiger partial charge on any atom is -0.504 e. The van der Waals surface area contributed by atoms with Crippen molar-refractivity contribution in [1.82, 2.24) is 0 Å². The summed E-state index contributed by atoms with van der Waals surface area (Å²) in [5.74, 6) is -0.882. The second kappa shape index (κ2) is 6.49. The molecule has 0 aromatic heterocycles. The zero-order valence-corrected chi connectivity index (χ0v) is 10.2. The molecule has 4 heteroatoms. The van der Waals surface area contributed by atoms with Crippen LogP contribution in [0.4, 0.5) is 0 Å². The van der Waals surface area contributed by atoms with Crippen LogP contribution in [0.5, 0.6) is 11.5 Å². The fraction of sp³-hybridized carbons (Fsp3) is 0.214. The van der Waals surface area contributed by atoms with Crippen molar-refractivity contribution in [1.29, 1.82) is 0 Å². The number of hydrogen-bond donors (Lipinski definition) is 2. The van der Waals surface area contributed by atoms with Crippen LogP contribution >= 0.6 is 0 Å². The Morgan fingerprint density at radius 3 is 2.72 bits per heavy atom. The van der Waals surface area contributed by atoms with E-state index in [2.05, 4.69) is 6.58 Å². The third-order valence-corrected chi connectivity index (χ3v) is 2.18. The smallest absolute Gasteiger partial charge is 0.330 e. The lowest BCUT2D eigenvalue weighted by Crippen LogP contribution is -2.02. The first-order valence-corrected chi connectivity index (χ1v) is 5.50. The van der Waals surface area contributed by atoms with Crippen LogP contribution in [-0.2, 0) is 9.53 Å². The highest BCUT2D eigenvalue weighted by molar-refractivity contribution is 5.87. The average molecular weight is 248 g/mol. The van der Waals surface area contributed by atoms with E-state index >= 15 is 0 Å². The van der Waals surface area contributed by atoms with Crippen molar-refractivity contribution in [3.63, 3.8) is 0 Å². The van der Waals surface area contributed by atoms with Gasteiger partial charge < -0.3 is 14.9 Å². The van der Waals surface area contributed by atoms with Gasteiger partial charge in [0.15, 0.2) is 11.5 Å². The Balaban J connectivity index is 2.50. The molecule has 0 bridgehead atoms. The molecule has 0 radical (unpaired) electrons. The first-order valence-electron chi connectivity index (χ1n) is 5.50. The lowest BCUT2D eigenvalue weighted by atomic mass is 10.2. The molecule has 2 N–H and O–H groups in total. The van der Waals surface area contributed by atoms with Crippen molar-refractivity contribution < 1.29 is 19.7 Å². The summed E-state index contributed by atoms with van der Waals surface area (Å²) >= 11 is 0. The van der Waals surface area contributed by atoms with E-state index in [-0.39, 0.29) is 11.5 Å². The van der Waals surface area contributed by atoms with Gasteiger partial charge in [-0.15, -0.1) is 6.58 Å². The molecule has 1 aromatic carbocycles. The van der Waals surface area contributed by atoms with Gasteiger partial charge in [-0.1, -0.05) is 11.6 Å². The van der Waals surface area contributed by atoms with Crippen molar-refractivity contribution in [2.24, 2.45) is 0 Å².